The normalized spacial score (nSPS) is 20.0. The molecule has 1 amide bonds. The van der Waals surface area contributed by atoms with E-state index >= 15 is 0 Å². The number of aromatic nitrogens is 2. The van der Waals surface area contributed by atoms with Crippen LogP contribution in [0.15, 0.2) is 24.4 Å². The number of methoxy groups -OCH3 is 1. The number of nitrogens with zero attached hydrogens (tertiary/aromatic N) is 4. The van der Waals surface area contributed by atoms with E-state index in [1.807, 2.05) is 40.6 Å². The number of pyridine rings is 1. The van der Waals surface area contributed by atoms with Gasteiger partial charge in [0.25, 0.3) is 5.91 Å². The van der Waals surface area contributed by atoms with Crippen LogP contribution in [0.4, 0.5) is 0 Å². The monoisotopic (exact) mass is 328 g/mol. The van der Waals surface area contributed by atoms with Crippen molar-refractivity contribution < 1.29 is 9.53 Å². The largest absolute Gasteiger partial charge is 0.383 e. The number of ether oxygens (including phenoxy) is 1. The lowest BCUT2D eigenvalue weighted by Gasteiger charge is -2.48. The minimum absolute atomic E-state index is 0.104. The van der Waals surface area contributed by atoms with Gasteiger partial charge in [-0.2, -0.15) is 0 Å². The van der Waals surface area contributed by atoms with Crippen LogP contribution in [0.1, 0.15) is 22.6 Å². The molecular weight excluding hydrogens is 304 g/mol. The van der Waals surface area contributed by atoms with Crippen molar-refractivity contribution in [1.29, 1.82) is 0 Å². The van der Waals surface area contributed by atoms with Crippen molar-refractivity contribution in [2.75, 3.05) is 46.4 Å². The highest BCUT2D eigenvalue weighted by atomic mass is 16.5. The van der Waals surface area contributed by atoms with E-state index < -0.39 is 0 Å². The van der Waals surface area contributed by atoms with Crippen molar-refractivity contribution in [2.24, 2.45) is 5.41 Å². The Kier molecular flexibility index (Phi) is 3.81. The Morgan fingerprint density at radius 1 is 1.33 bits per heavy atom. The Bertz CT molecular complexity index is 763. The third-order valence-corrected chi connectivity index (χ3v) is 5.38. The van der Waals surface area contributed by atoms with Gasteiger partial charge in [-0.05, 0) is 32.0 Å². The highest BCUT2D eigenvalue weighted by Gasteiger charge is 2.49. The summed E-state index contributed by atoms with van der Waals surface area (Å²) in [6.45, 7) is 7.58. The molecule has 2 saturated heterocycles. The fourth-order valence-electron chi connectivity index (χ4n) is 4.13. The van der Waals surface area contributed by atoms with Gasteiger partial charge in [-0.3, -0.25) is 9.20 Å². The van der Waals surface area contributed by atoms with Crippen LogP contribution in [-0.2, 0) is 4.74 Å². The number of likely N-dealkylation sites (tertiary alicyclic amines) is 2. The lowest BCUT2D eigenvalue weighted by atomic mass is 9.79. The van der Waals surface area contributed by atoms with Gasteiger partial charge in [0, 0.05) is 44.9 Å². The number of hydrogen-bond acceptors (Lipinski definition) is 4. The summed E-state index contributed by atoms with van der Waals surface area (Å²) in [6, 6.07) is 5.82. The Morgan fingerprint density at radius 2 is 2.17 bits per heavy atom. The first kappa shape index (κ1) is 15.6. The predicted molar refractivity (Wildman–Crippen MR) is 91.2 cm³/mol. The topological polar surface area (TPSA) is 50.1 Å². The summed E-state index contributed by atoms with van der Waals surface area (Å²) in [5.41, 5.74) is 2.63. The molecule has 6 heteroatoms. The number of imidazole rings is 1. The lowest BCUT2D eigenvalue weighted by Crippen LogP contribution is -2.59. The standard InChI is InChI=1S/C18H24N4O2/c1-14-16(22-7-4-3-5-15(22)19-14)17(23)21-12-18(13-21)6-8-20(11-18)9-10-24-2/h3-5,7H,6,8-13H2,1-2H3. The van der Waals surface area contributed by atoms with Crippen molar-refractivity contribution >= 4 is 11.6 Å². The average molecular weight is 328 g/mol. The molecule has 0 bridgehead atoms. The van der Waals surface area contributed by atoms with E-state index in [-0.39, 0.29) is 11.3 Å². The van der Waals surface area contributed by atoms with Gasteiger partial charge >= 0.3 is 0 Å². The summed E-state index contributed by atoms with van der Waals surface area (Å²) in [5, 5.41) is 0. The van der Waals surface area contributed by atoms with E-state index in [0.29, 0.717) is 5.69 Å². The molecule has 4 rings (SSSR count). The molecule has 128 valence electrons. The van der Waals surface area contributed by atoms with Gasteiger partial charge in [0.1, 0.15) is 11.3 Å². The molecule has 0 N–H and O–H groups in total. The van der Waals surface area contributed by atoms with Crippen molar-refractivity contribution in [3.8, 4) is 0 Å². The SMILES string of the molecule is COCCN1CCC2(C1)CN(C(=O)c1c(C)nc3ccccn13)C2. The van der Waals surface area contributed by atoms with E-state index in [9.17, 15) is 4.79 Å². The Balaban J connectivity index is 1.45. The number of aryl methyl sites for hydroxylation is 1. The molecule has 2 aromatic rings. The lowest BCUT2D eigenvalue weighted by molar-refractivity contribution is 0.00909. The smallest absolute Gasteiger partial charge is 0.272 e. The van der Waals surface area contributed by atoms with Gasteiger partial charge < -0.3 is 14.5 Å². The molecule has 24 heavy (non-hydrogen) atoms. The molecule has 4 heterocycles. The summed E-state index contributed by atoms with van der Waals surface area (Å²) in [4.78, 5) is 21.9. The van der Waals surface area contributed by atoms with Gasteiger partial charge in [-0.25, -0.2) is 4.98 Å². The van der Waals surface area contributed by atoms with Crippen molar-refractivity contribution in [3.63, 3.8) is 0 Å². The van der Waals surface area contributed by atoms with Gasteiger partial charge in [0.05, 0.1) is 12.3 Å². The molecule has 0 radical (unpaired) electrons. The van der Waals surface area contributed by atoms with E-state index in [1.54, 1.807) is 7.11 Å². The maximum absolute atomic E-state index is 12.9. The molecule has 6 nitrogen and oxygen atoms in total. The number of rotatable bonds is 4. The second-order valence-corrected chi connectivity index (χ2v) is 7.15. The van der Waals surface area contributed by atoms with E-state index in [2.05, 4.69) is 9.88 Å². The van der Waals surface area contributed by atoms with Crippen LogP contribution >= 0.6 is 0 Å². The molecule has 2 fully saturated rings. The molecule has 1 spiro atoms. The Hall–Kier alpha value is -1.92. The van der Waals surface area contributed by atoms with Gasteiger partial charge in [-0.1, -0.05) is 6.07 Å². The van der Waals surface area contributed by atoms with Crippen molar-refractivity contribution in [2.45, 2.75) is 13.3 Å². The van der Waals surface area contributed by atoms with E-state index in [0.717, 1.165) is 50.7 Å². The summed E-state index contributed by atoms with van der Waals surface area (Å²) in [5.74, 6) is 0.104. The zero-order chi connectivity index (χ0) is 16.7. The number of carbonyl (C=O) groups is 1. The molecule has 0 aromatic carbocycles. The number of fused-ring (bicyclic) bond motifs is 1. The van der Waals surface area contributed by atoms with Crippen LogP contribution in [0.5, 0.6) is 0 Å². The highest BCUT2D eigenvalue weighted by Crippen LogP contribution is 2.40. The molecule has 0 aliphatic carbocycles. The molecule has 2 aliphatic heterocycles. The second-order valence-electron chi connectivity index (χ2n) is 7.15. The summed E-state index contributed by atoms with van der Waals surface area (Å²) >= 11 is 0. The Morgan fingerprint density at radius 3 is 2.96 bits per heavy atom. The fourth-order valence-corrected chi connectivity index (χ4v) is 4.13. The van der Waals surface area contributed by atoms with Crippen LogP contribution in [-0.4, -0.2) is 71.5 Å². The summed E-state index contributed by atoms with van der Waals surface area (Å²) < 4.78 is 7.08. The quantitative estimate of drug-likeness (QED) is 0.852. The molecule has 0 saturated carbocycles. The first-order valence-corrected chi connectivity index (χ1v) is 8.56. The van der Waals surface area contributed by atoms with E-state index in [1.165, 1.54) is 6.42 Å². The van der Waals surface area contributed by atoms with Gasteiger partial charge in [0.15, 0.2) is 0 Å². The fraction of sp³-hybridized carbons (Fsp3) is 0.556. The summed E-state index contributed by atoms with van der Waals surface area (Å²) in [6.07, 6.45) is 3.09. The number of amides is 1. The third kappa shape index (κ3) is 2.50. The van der Waals surface area contributed by atoms with Crippen molar-refractivity contribution in [1.82, 2.24) is 19.2 Å². The van der Waals surface area contributed by atoms with Crippen LogP contribution in [0.2, 0.25) is 0 Å². The maximum Gasteiger partial charge on any atom is 0.272 e. The van der Waals surface area contributed by atoms with Crippen LogP contribution < -0.4 is 0 Å². The second kappa shape index (κ2) is 5.86. The van der Waals surface area contributed by atoms with Crippen LogP contribution in [0, 0.1) is 12.3 Å². The molecule has 0 unspecified atom stereocenters. The zero-order valence-electron chi connectivity index (χ0n) is 14.4. The van der Waals surface area contributed by atoms with Crippen LogP contribution in [0.25, 0.3) is 5.65 Å². The first-order chi connectivity index (χ1) is 11.6. The Labute approximate surface area is 142 Å². The maximum atomic E-state index is 12.9. The first-order valence-electron chi connectivity index (χ1n) is 8.56. The third-order valence-electron chi connectivity index (χ3n) is 5.38. The summed E-state index contributed by atoms with van der Waals surface area (Å²) in [7, 11) is 1.74. The van der Waals surface area contributed by atoms with E-state index in [4.69, 9.17) is 4.74 Å². The minimum atomic E-state index is 0.104. The average Bonchev–Trinajstić information content (AvgIpc) is 3.11. The molecule has 0 atom stereocenters. The predicted octanol–water partition coefficient (Wildman–Crippen LogP) is 1.44. The van der Waals surface area contributed by atoms with Gasteiger partial charge in [0.2, 0.25) is 0 Å². The zero-order valence-corrected chi connectivity index (χ0v) is 14.4. The molecular formula is C18H24N4O2. The number of carbonyl (C=O) groups excluding carboxylic acids is 1. The molecule has 2 aromatic heterocycles. The minimum Gasteiger partial charge on any atom is -0.383 e. The van der Waals surface area contributed by atoms with Gasteiger partial charge in [-0.15, -0.1) is 0 Å². The van der Waals surface area contributed by atoms with Crippen LogP contribution in [0.3, 0.4) is 0 Å². The number of hydrogen-bond donors (Lipinski definition) is 0. The highest BCUT2D eigenvalue weighted by molar-refractivity contribution is 5.95. The molecule has 2 aliphatic rings. The van der Waals surface area contributed by atoms with Crippen molar-refractivity contribution in [3.05, 3.63) is 35.8 Å².